The van der Waals surface area contributed by atoms with Crippen LogP contribution in [0.2, 0.25) is 0 Å². The summed E-state index contributed by atoms with van der Waals surface area (Å²) in [6.45, 7) is 4.70. The second-order valence-electron chi connectivity index (χ2n) is 5.66. The van der Waals surface area contributed by atoms with Gasteiger partial charge >= 0.3 is 0 Å². The molecule has 0 aliphatic rings. The second kappa shape index (κ2) is 5.72. The van der Waals surface area contributed by atoms with Gasteiger partial charge in [-0.1, -0.05) is 0 Å². The molecular formula is C18H19FN2O. The molecular weight excluding hydrogens is 279 g/mol. The van der Waals surface area contributed by atoms with Crippen molar-refractivity contribution >= 4 is 16.6 Å². The number of nitrogens with zero attached hydrogens (tertiary/aromatic N) is 1. The molecule has 114 valence electrons. The van der Waals surface area contributed by atoms with Crippen LogP contribution in [0, 0.1) is 5.82 Å². The van der Waals surface area contributed by atoms with Gasteiger partial charge in [-0.05, 0) is 62.4 Å². The molecule has 0 fully saturated rings. The number of aromatic nitrogens is 1. The number of fused-ring (bicyclic) bond motifs is 1. The number of nitrogen functional groups attached to an aromatic ring is 1. The lowest BCUT2D eigenvalue weighted by atomic mass is 10.2. The summed E-state index contributed by atoms with van der Waals surface area (Å²) in [7, 11) is 0. The standard InChI is InChI=1S/C18H19FN2O/c1-12(2)21-16(10-13-9-15(20)5-8-18(13)21)11-22-17-6-3-14(19)4-7-17/h3-10,12H,11,20H2,1-2H3. The van der Waals surface area contributed by atoms with Crippen molar-refractivity contribution < 1.29 is 9.13 Å². The second-order valence-corrected chi connectivity index (χ2v) is 5.66. The van der Waals surface area contributed by atoms with Crippen molar-refractivity contribution in [2.75, 3.05) is 5.73 Å². The van der Waals surface area contributed by atoms with Crippen molar-refractivity contribution in [1.82, 2.24) is 4.57 Å². The summed E-state index contributed by atoms with van der Waals surface area (Å²) in [5, 5.41) is 1.10. The molecule has 1 heterocycles. The zero-order valence-corrected chi connectivity index (χ0v) is 12.7. The normalized spacial score (nSPS) is 11.3. The third-order valence-electron chi connectivity index (χ3n) is 3.66. The van der Waals surface area contributed by atoms with Gasteiger partial charge in [-0.15, -0.1) is 0 Å². The zero-order chi connectivity index (χ0) is 15.7. The van der Waals surface area contributed by atoms with E-state index >= 15 is 0 Å². The third-order valence-corrected chi connectivity index (χ3v) is 3.66. The first-order chi connectivity index (χ1) is 10.5. The van der Waals surface area contributed by atoms with Gasteiger partial charge in [0.1, 0.15) is 18.2 Å². The SMILES string of the molecule is CC(C)n1c(COc2ccc(F)cc2)cc2cc(N)ccc21. The van der Waals surface area contributed by atoms with Gasteiger partial charge in [-0.3, -0.25) is 0 Å². The highest BCUT2D eigenvalue weighted by Gasteiger charge is 2.12. The van der Waals surface area contributed by atoms with E-state index in [0.717, 1.165) is 22.3 Å². The predicted molar refractivity (Wildman–Crippen MR) is 87.5 cm³/mol. The monoisotopic (exact) mass is 298 g/mol. The van der Waals surface area contributed by atoms with Crippen LogP contribution in [-0.2, 0) is 6.61 Å². The summed E-state index contributed by atoms with van der Waals surface area (Å²) in [6, 6.07) is 14.4. The van der Waals surface area contributed by atoms with E-state index in [1.165, 1.54) is 12.1 Å². The third kappa shape index (κ3) is 2.77. The fourth-order valence-corrected chi connectivity index (χ4v) is 2.72. The fraction of sp³-hybridized carbons (Fsp3) is 0.222. The molecule has 0 aliphatic carbocycles. The van der Waals surface area contributed by atoms with Crippen molar-refractivity contribution in [3.63, 3.8) is 0 Å². The molecule has 0 spiro atoms. The molecule has 0 unspecified atom stereocenters. The first-order valence-corrected chi connectivity index (χ1v) is 7.32. The van der Waals surface area contributed by atoms with Crippen LogP contribution in [0.3, 0.4) is 0 Å². The number of nitrogens with two attached hydrogens (primary N) is 1. The van der Waals surface area contributed by atoms with Crippen LogP contribution in [0.15, 0.2) is 48.5 Å². The van der Waals surface area contributed by atoms with Crippen molar-refractivity contribution in [3.8, 4) is 5.75 Å². The van der Waals surface area contributed by atoms with Crippen LogP contribution in [0.5, 0.6) is 5.75 Å². The maximum atomic E-state index is 12.9. The first kappa shape index (κ1) is 14.4. The van der Waals surface area contributed by atoms with Crippen LogP contribution in [0.1, 0.15) is 25.6 Å². The number of halogens is 1. The van der Waals surface area contributed by atoms with Gasteiger partial charge in [-0.2, -0.15) is 0 Å². The smallest absolute Gasteiger partial charge is 0.128 e. The van der Waals surface area contributed by atoms with Crippen molar-refractivity contribution in [2.24, 2.45) is 0 Å². The molecule has 0 radical (unpaired) electrons. The number of benzene rings is 2. The van der Waals surface area contributed by atoms with E-state index in [1.54, 1.807) is 12.1 Å². The molecule has 3 rings (SSSR count). The quantitative estimate of drug-likeness (QED) is 0.719. The fourth-order valence-electron chi connectivity index (χ4n) is 2.72. The van der Waals surface area contributed by atoms with Crippen LogP contribution in [-0.4, -0.2) is 4.57 Å². The molecule has 4 heteroatoms. The van der Waals surface area contributed by atoms with E-state index in [1.807, 2.05) is 18.2 Å². The Morgan fingerprint density at radius 2 is 1.82 bits per heavy atom. The van der Waals surface area contributed by atoms with Crippen LogP contribution < -0.4 is 10.5 Å². The molecule has 2 aromatic carbocycles. The summed E-state index contributed by atoms with van der Waals surface area (Å²) in [5.74, 6) is 0.389. The largest absolute Gasteiger partial charge is 0.487 e. The summed E-state index contributed by atoms with van der Waals surface area (Å²) < 4.78 is 20.9. The Morgan fingerprint density at radius 1 is 1.09 bits per heavy atom. The van der Waals surface area contributed by atoms with Crippen LogP contribution >= 0.6 is 0 Å². The molecule has 0 bridgehead atoms. The molecule has 0 saturated heterocycles. The van der Waals surface area contributed by atoms with Gasteiger partial charge in [0, 0.05) is 22.6 Å². The summed E-state index contributed by atoms with van der Waals surface area (Å²) in [5.41, 5.74) is 8.82. The topological polar surface area (TPSA) is 40.2 Å². The molecule has 2 N–H and O–H groups in total. The maximum Gasteiger partial charge on any atom is 0.128 e. The number of hydrogen-bond donors (Lipinski definition) is 1. The molecule has 0 atom stereocenters. The van der Waals surface area contributed by atoms with E-state index < -0.39 is 0 Å². The minimum Gasteiger partial charge on any atom is -0.487 e. The number of anilines is 1. The summed E-state index contributed by atoms with van der Waals surface area (Å²) in [6.07, 6.45) is 0. The molecule has 1 aromatic heterocycles. The van der Waals surface area contributed by atoms with Crippen molar-refractivity contribution in [1.29, 1.82) is 0 Å². The average Bonchev–Trinajstić information content (AvgIpc) is 2.84. The lowest BCUT2D eigenvalue weighted by Gasteiger charge is -2.15. The highest BCUT2D eigenvalue weighted by atomic mass is 19.1. The van der Waals surface area contributed by atoms with E-state index in [2.05, 4.69) is 24.5 Å². The Kier molecular flexibility index (Phi) is 3.75. The molecule has 3 nitrogen and oxygen atoms in total. The minimum absolute atomic E-state index is 0.265. The van der Waals surface area contributed by atoms with Gasteiger partial charge in [0.15, 0.2) is 0 Å². The van der Waals surface area contributed by atoms with E-state index in [-0.39, 0.29) is 5.82 Å². The Hall–Kier alpha value is -2.49. The Labute approximate surface area is 129 Å². The number of hydrogen-bond acceptors (Lipinski definition) is 2. The molecule has 0 amide bonds. The Morgan fingerprint density at radius 3 is 2.50 bits per heavy atom. The van der Waals surface area contributed by atoms with Gasteiger partial charge < -0.3 is 15.0 Å². The van der Waals surface area contributed by atoms with E-state index in [4.69, 9.17) is 10.5 Å². The van der Waals surface area contributed by atoms with Crippen LogP contribution in [0.25, 0.3) is 10.9 Å². The first-order valence-electron chi connectivity index (χ1n) is 7.32. The summed E-state index contributed by atoms with van der Waals surface area (Å²) in [4.78, 5) is 0. The van der Waals surface area contributed by atoms with Crippen LogP contribution in [0.4, 0.5) is 10.1 Å². The highest BCUT2D eigenvalue weighted by Crippen LogP contribution is 2.27. The predicted octanol–water partition coefficient (Wildman–Crippen LogP) is 4.52. The molecule has 0 saturated carbocycles. The van der Waals surface area contributed by atoms with E-state index in [9.17, 15) is 4.39 Å². The molecule has 3 aromatic rings. The highest BCUT2D eigenvalue weighted by molar-refractivity contribution is 5.84. The van der Waals surface area contributed by atoms with Crippen molar-refractivity contribution in [2.45, 2.75) is 26.5 Å². The summed E-state index contributed by atoms with van der Waals surface area (Å²) >= 11 is 0. The zero-order valence-electron chi connectivity index (χ0n) is 12.7. The Balaban J connectivity index is 1.92. The van der Waals surface area contributed by atoms with Gasteiger partial charge in [-0.25, -0.2) is 4.39 Å². The molecule has 22 heavy (non-hydrogen) atoms. The van der Waals surface area contributed by atoms with Gasteiger partial charge in [0.25, 0.3) is 0 Å². The average molecular weight is 298 g/mol. The minimum atomic E-state index is -0.265. The van der Waals surface area contributed by atoms with E-state index in [0.29, 0.717) is 18.4 Å². The molecule has 0 aliphatic heterocycles. The number of ether oxygens (including phenoxy) is 1. The lowest BCUT2D eigenvalue weighted by Crippen LogP contribution is -2.08. The Bertz CT molecular complexity index is 791. The maximum absolute atomic E-state index is 12.9. The van der Waals surface area contributed by atoms with Gasteiger partial charge in [0.2, 0.25) is 0 Å². The van der Waals surface area contributed by atoms with Crippen molar-refractivity contribution in [3.05, 3.63) is 60.0 Å². The number of rotatable bonds is 4. The van der Waals surface area contributed by atoms with Gasteiger partial charge in [0.05, 0.1) is 5.69 Å². The lowest BCUT2D eigenvalue weighted by molar-refractivity contribution is 0.292.